The van der Waals surface area contributed by atoms with E-state index in [9.17, 15) is 19.8 Å². The Morgan fingerprint density at radius 3 is 2.52 bits per heavy atom. The number of azide groups is 1. The first-order valence-electron chi connectivity index (χ1n) is 14.8. The molecule has 1 heterocycles. The molecule has 2 aromatic carbocycles. The van der Waals surface area contributed by atoms with Crippen molar-refractivity contribution >= 4 is 18.0 Å². The van der Waals surface area contributed by atoms with Gasteiger partial charge in [0, 0.05) is 18.1 Å². The summed E-state index contributed by atoms with van der Waals surface area (Å²) in [5.74, 6) is -2.69. The first kappa shape index (κ1) is 36.1. The van der Waals surface area contributed by atoms with Crippen LogP contribution >= 0.6 is 0 Å². The number of aliphatic hydroxyl groups is 1. The molecule has 0 radical (unpaired) electrons. The van der Waals surface area contributed by atoms with E-state index in [1.54, 1.807) is 75.4 Å². The van der Waals surface area contributed by atoms with Crippen LogP contribution in [0.3, 0.4) is 0 Å². The van der Waals surface area contributed by atoms with Gasteiger partial charge in [-0.15, -0.1) is 0 Å². The lowest BCUT2D eigenvalue weighted by molar-refractivity contribution is -0.152. The molecule has 0 amide bonds. The predicted octanol–water partition coefficient (Wildman–Crippen LogP) is 5.78. The third-order valence-electron chi connectivity index (χ3n) is 7.00. The van der Waals surface area contributed by atoms with Gasteiger partial charge in [0.2, 0.25) is 0 Å². The summed E-state index contributed by atoms with van der Waals surface area (Å²) in [6.45, 7) is 6.96. The second kappa shape index (κ2) is 17.3. The Kier molecular flexibility index (Phi) is 13.6. The molecule has 1 aliphatic heterocycles. The topological polar surface area (TPSA) is 179 Å². The number of carboxylic acid groups (broad SMARTS) is 1. The molecule has 0 aliphatic carbocycles. The van der Waals surface area contributed by atoms with Crippen molar-refractivity contribution in [2.75, 3.05) is 27.1 Å². The van der Waals surface area contributed by atoms with E-state index in [0.717, 1.165) is 0 Å². The van der Waals surface area contributed by atoms with Crippen LogP contribution in [0.15, 0.2) is 65.8 Å². The quantitative estimate of drug-likeness (QED) is 0.0410. The summed E-state index contributed by atoms with van der Waals surface area (Å²) in [5, 5.41) is 23.5. The number of benzene rings is 2. The first-order valence-corrected chi connectivity index (χ1v) is 14.8. The maximum absolute atomic E-state index is 13.1. The van der Waals surface area contributed by atoms with Crippen LogP contribution in [0.2, 0.25) is 0 Å². The van der Waals surface area contributed by atoms with E-state index >= 15 is 0 Å². The Morgan fingerprint density at radius 1 is 1.13 bits per heavy atom. The molecule has 0 bridgehead atoms. The van der Waals surface area contributed by atoms with Gasteiger partial charge in [0.25, 0.3) is 0 Å². The normalized spacial score (nSPS) is 19.3. The summed E-state index contributed by atoms with van der Waals surface area (Å²) in [5.41, 5.74) is 9.07. The molecule has 1 unspecified atom stereocenters. The molecule has 2 aromatic rings. The minimum Gasteiger partial charge on any atom is -0.493 e. The monoisotopic (exact) mass is 639 g/mol. The van der Waals surface area contributed by atoms with Crippen LogP contribution in [0.1, 0.15) is 60.4 Å². The number of carboxylic acids is 1. The van der Waals surface area contributed by atoms with Crippen LogP contribution < -0.4 is 9.47 Å². The van der Waals surface area contributed by atoms with E-state index in [1.807, 2.05) is 6.92 Å². The van der Waals surface area contributed by atoms with Crippen LogP contribution in [0.4, 0.5) is 0 Å². The maximum atomic E-state index is 13.1. The molecule has 13 nitrogen and oxygen atoms in total. The smallest absolute Gasteiger partial charge is 0.340 e. The predicted molar refractivity (Wildman–Crippen MR) is 169 cm³/mol. The van der Waals surface area contributed by atoms with Gasteiger partial charge in [-0.05, 0) is 68.5 Å². The molecule has 1 aliphatic rings. The SMILES string of the molecule is COCOc1cc(OCCN=[N+]=[N-])cc(/C=C/C[C@@H]2OC(C)(C)O[C@@H]2C(/C=C\[C@@H](C)[C@H](C)O)OC(=O)c2ccccc2)c1C(=O)O. The molecule has 3 rings (SSSR count). The molecular weight excluding hydrogens is 598 g/mol. The van der Waals surface area contributed by atoms with Gasteiger partial charge in [-0.25, -0.2) is 9.59 Å². The summed E-state index contributed by atoms with van der Waals surface area (Å²) in [4.78, 5) is 28.1. The second-order valence-electron chi connectivity index (χ2n) is 11.0. The van der Waals surface area contributed by atoms with Crippen LogP contribution in [0, 0.1) is 5.92 Å². The minimum absolute atomic E-state index is 0.0278. The number of rotatable bonds is 17. The van der Waals surface area contributed by atoms with Crippen LogP contribution in [-0.2, 0) is 18.9 Å². The fraction of sp³-hybridized carbons (Fsp3) is 0.455. The lowest BCUT2D eigenvalue weighted by atomic mass is 9.99. The third-order valence-corrected chi connectivity index (χ3v) is 7.00. The van der Waals surface area contributed by atoms with Gasteiger partial charge in [-0.1, -0.05) is 48.5 Å². The molecule has 0 spiro atoms. The number of hydrogen-bond donors (Lipinski definition) is 2. The Hall–Kier alpha value is -4.39. The number of hydrogen-bond acceptors (Lipinski definition) is 10. The number of nitrogens with zero attached hydrogens (tertiary/aromatic N) is 3. The Bertz CT molecular complexity index is 1420. The number of methoxy groups -OCH3 is 1. The Labute approximate surface area is 267 Å². The number of aliphatic hydroxyl groups excluding tert-OH is 1. The molecule has 5 atom stereocenters. The van der Waals surface area contributed by atoms with Gasteiger partial charge in [0.1, 0.15) is 29.3 Å². The van der Waals surface area contributed by atoms with Crippen molar-refractivity contribution in [2.45, 2.75) is 64.3 Å². The number of esters is 1. The summed E-state index contributed by atoms with van der Waals surface area (Å²) in [6, 6.07) is 11.5. The van der Waals surface area contributed by atoms with Gasteiger partial charge in [0.05, 0.1) is 30.9 Å². The Balaban J connectivity index is 1.93. The number of aromatic carboxylic acids is 1. The minimum atomic E-state index is -1.23. The van der Waals surface area contributed by atoms with Gasteiger partial charge in [-0.3, -0.25) is 0 Å². The van der Waals surface area contributed by atoms with Crippen molar-refractivity contribution in [3.63, 3.8) is 0 Å². The summed E-state index contributed by atoms with van der Waals surface area (Å²) >= 11 is 0. The second-order valence-corrected chi connectivity index (χ2v) is 11.0. The zero-order chi connectivity index (χ0) is 33.7. The van der Waals surface area contributed by atoms with E-state index < -0.39 is 42.1 Å². The van der Waals surface area contributed by atoms with Crippen LogP contribution in [-0.4, -0.2) is 79.4 Å². The average Bonchev–Trinajstić information content (AvgIpc) is 3.33. The lowest BCUT2D eigenvalue weighted by Gasteiger charge is -2.25. The van der Waals surface area contributed by atoms with Crippen LogP contribution in [0.25, 0.3) is 16.5 Å². The summed E-state index contributed by atoms with van der Waals surface area (Å²) in [6.07, 6.45) is 4.21. The fourth-order valence-electron chi connectivity index (χ4n) is 4.62. The van der Waals surface area contributed by atoms with Crippen molar-refractivity contribution in [3.05, 3.63) is 87.8 Å². The largest absolute Gasteiger partial charge is 0.493 e. The highest BCUT2D eigenvalue weighted by molar-refractivity contribution is 5.95. The molecule has 1 fully saturated rings. The molecule has 46 heavy (non-hydrogen) atoms. The van der Waals surface area contributed by atoms with E-state index in [0.29, 0.717) is 11.3 Å². The molecule has 0 aromatic heterocycles. The number of carbonyl (C=O) groups is 2. The molecule has 1 saturated heterocycles. The highest BCUT2D eigenvalue weighted by Gasteiger charge is 2.45. The van der Waals surface area contributed by atoms with Crippen molar-refractivity contribution < 1.29 is 48.2 Å². The van der Waals surface area contributed by atoms with E-state index in [4.69, 9.17) is 34.0 Å². The third kappa shape index (κ3) is 10.6. The number of ether oxygens (including phenoxy) is 6. The molecule has 13 heteroatoms. The zero-order valence-electron chi connectivity index (χ0n) is 26.6. The highest BCUT2D eigenvalue weighted by Crippen LogP contribution is 2.35. The fourth-order valence-corrected chi connectivity index (χ4v) is 4.62. The van der Waals surface area contributed by atoms with Crippen molar-refractivity contribution in [3.8, 4) is 11.5 Å². The average molecular weight is 640 g/mol. The summed E-state index contributed by atoms with van der Waals surface area (Å²) < 4.78 is 34.5. The van der Waals surface area contributed by atoms with E-state index in [-0.39, 0.29) is 49.2 Å². The summed E-state index contributed by atoms with van der Waals surface area (Å²) in [7, 11) is 1.41. The highest BCUT2D eigenvalue weighted by atomic mass is 16.8. The Morgan fingerprint density at radius 2 is 1.87 bits per heavy atom. The van der Waals surface area contributed by atoms with Crippen molar-refractivity contribution in [1.82, 2.24) is 0 Å². The van der Waals surface area contributed by atoms with Gasteiger partial charge in [-0.2, -0.15) is 0 Å². The molecule has 0 saturated carbocycles. The van der Waals surface area contributed by atoms with Crippen molar-refractivity contribution in [2.24, 2.45) is 11.0 Å². The zero-order valence-corrected chi connectivity index (χ0v) is 26.6. The van der Waals surface area contributed by atoms with E-state index in [1.165, 1.54) is 19.2 Å². The van der Waals surface area contributed by atoms with Crippen molar-refractivity contribution in [1.29, 1.82) is 0 Å². The van der Waals surface area contributed by atoms with E-state index in [2.05, 4.69) is 10.0 Å². The van der Waals surface area contributed by atoms with Gasteiger partial charge in [0.15, 0.2) is 12.6 Å². The van der Waals surface area contributed by atoms with Crippen LogP contribution in [0.5, 0.6) is 11.5 Å². The first-order chi connectivity index (χ1) is 22.0. The molecule has 2 N–H and O–H groups in total. The standard InChI is InChI=1S/C33H41N3O10/c1-21(22(2)37)14-15-26(44-32(40)23-10-7-6-8-11-23)30-27(45-33(3,4)46-30)13-9-12-24-18-25(42-17-16-35-36-34)19-28(43-20-41-5)29(24)31(38)39/h6-12,14-15,18-19,21-22,26-27,30,37H,13,16-17,20H2,1-5H3,(H,38,39)/b12-9+,15-14-/t21-,22+,26?,27+,30-/m1/s1. The van der Waals surface area contributed by atoms with Gasteiger partial charge >= 0.3 is 11.9 Å². The lowest BCUT2D eigenvalue weighted by Crippen LogP contribution is -2.37. The number of carbonyl (C=O) groups excluding carboxylic acids is 1. The molecule has 248 valence electrons. The molecular formula is C33H41N3O10. The van der Waals surface area contributed by atoms with Gasteiger partial charge < -0.3 is 38.6 Å². The maximum Gasteiger partial charge on any atom is 0.340 e.